The summed E-state index contributed by atoms with van der Waals surface area (Å²) in [7, 11) is 0. The summed E-state index contributed by atoms with van der Waals surface area (Å²) in [6.07, 6.45) is -2.59. The van der Waals surface area contributed by atoms with Crippen molar-refractivity contribution in [2.45, 2.75) is 32.0 Å². The Hall–Kier alpha value is -0.490. The first-order valence-electron chi connectivity index (χ1n) is 5.22. The predicted molar refractivity (Wildman–Crippen MR) is 70.0 cm³/mol. The molecule has 0 unspecified atom stereocenters. The molecule has 0 aliphatic heterocycles. The Morgan fingerprint density at radius 1 is 1.39 bits per heavy atom. The van der Waals surface area contributed by atoms with E-state index in [1.54, 1.807) is 13.8 Å². The maximum absolute atomic E-state index is 12.9. The number of nitrogens with one attached hydrogen (secondary N) is 1. The van der Waals surface area contributed by atoms with E-state index in [9.17, 15) is 13.2 Å². The Balaban J connectivity index is 3.09. The lowest BCUT2D eigenvalue weighted by Crippen LogP contribution is -2.33. The van der Waals surface area contributed by atoms with Gasteiger partial charge in [-0.3, -0.25) is 0 Å². The van der Waals surface area contributed by atoms with Gasteiger partial charge >= 0.3 is 6.18 Å². The van der Waals surface area contributed by atoms with Crippen LogP contribution in [0.4, 0.5) is 19.0 Å². The molecule has 1 heterocycles. The normalized spacial score (nSPS) is 12.6. The predicted octanol–water partition coefficient (Wildman–Crippen LogP) is 4.68. The number of alkyl halides is 4. The molecule has 0 radical (unpaired) electrons. The van der Waals surface area contributed by atoms with E-state index >= 15 is 0 Å². The summed E-state index contributed by atoms with van der Waals surface area (Å²) in [6, 6.07) is 1.01. The summed E-state index contributed by atoms with van der Waals surface area (Å²) in [5, 5.41) is 2.79. The van der Waals surface area contributed by atoms with E-state index in [1.165, 1.54) is 6.20 Å². The molecule has 1 rings (SSSR count). The van der Waals surface area contributed by atoms with Gasteiger partial charge in [-0.25, -0.2) is 4.98 Å². The van der Waals surface area contributed by atoms with Crippen LogP contribution in [0.2, 0.25) is 0 Å². The van der Waals surface area contributed by atoms with Crippen LogP contribution in [0.15, 0.2) is 16.7 Å². The van der Waals surface area contributed by atoms with E-state index in [-0.39, 0.29) is 10.3 Å². The first kappa shape index (κ1) is 15.6. The summed E-state index contributed by atoms with van der Waals surface area (Å²) >= 11 is 8.60. The Morgan fingerprint density at radius 3 is 2.50 bits per heavy atom. The highest BCUT2D eigenvalue weighted by Crippen LogP contribution is 2.36. The van der Waals surface area contributed by atoms with Gasteiger partial charge in [0, 0.05) is 22.1 Å². The van der Waals surface area contributed by atoms with Gasteiger partial charge in [-0.15, -0.1) is 11.6 Å². The van der Waals surface area contributed by atoms with Gasteiger partial charge in [0.1, 0.15) is 5.82 Å². The second-order valence-corrected chi connectivity index (χ2v) is 5.79. The molecular weight excluding hydrogens is 332 g/mol. The van der Waals surface area contributed by atoms with Crippen molar-refractivity contribution in [2.24, 2.45) is 0 Å². The molecule has 2 nitrogen and oxygen atoms in total. The van der Waals surface area contributed by atoms with Gasteiger partial charge in [0.25, 0.3) is 0 Å². The van der Waals surface area contributed by atoms with E-state index < -0.39 is 17.3 Å². The van der Waals surface area contributed by atoms with E-state index in [0.717, 1.165) is 6.07 Å². The minimum atomic E-state index is -4.45. The molecule has 0 saturated carbocycles. The smallest absolute Gasteiger partial charge is 0.365 e. The van der Waals surface area contributed by atoms with Gasteiger partial charge in [0.05, 0.1) is 5.56 Å². The topological polar surface area (TPSA) is 24.9 Å². The quantitative estimate of drug-likeness (QED) is 0.801. The summed E-state index contributed by atoms with van der Waals surface area (Å²) in [4.78, 5) is 3.79. The van der Waals surface area contributed by atoms with Crippen LogP contribution in [-0.4, -0.2) is 16.4 Å². The van der Waals surface area contributed by atoms with Gasteiger partial charge in [-0.1, -0.05) is 0 Å². The fourth-order valence-electron chi connectivity index (χ4n) is 1.37. The minimum absolute atomic E-state index is 0.180. The second-order valence-electron chi connectivity index (χ2n) is 4.50. The zero-order chi connectivity index (χ0) is 14.0. The van der Waals surface area contributed by atoms with Crippen LogP contribution in [0.5, 0.6) is 0 Å². The second kappa shape index (κ2) is 5.65. The molecular formula is C11H13BrClF3N2. The minimum Gasteiger partial charge on any atom is -0.365 e. The highest BCUT2D eigenvalue weighted by Gasteiger charge is 2.35. The van der Waals surface area contributed by atoms with E-state index in [4.69, 9.17) is 11.6 Å². The highest BCUT2D eigenvalue weighted by atomic mass is 79.9. The Labute approximate surface area is 117 Å². The summed E-state index contributed by atoms with van der Waals surface area (Å²) < 4.78 is 38.9. The van der Waals surface area contributed by atoms with Gasteiger partial charge in [-0.2, -0.15) is 13.2 Å². The maximum atomic E-state index is 12.9. The van der Waals surface area contributed by atoms with E-state index in [0.29, 0.717) is 12.3 Å². The third-order valence-electron chi connectivity index (χ3n) is 2.34. The zero-order valence-electron chi connectivity index (χ0n) is 9.91. The largest absolute Gasteiger partial charge is 0.419 e. The number of nitrogens with zero attached hydrogens (tertiary/aromatic N) is 1. The summed E-state index contributed by atoms with van der Waals surface area (Å²) in [5.41, 5.74) is -1.35. The molecule has 0 saturated heterocycles. The molecule has 0 bridgehead atoms. The van der Waals surface area contributed by atoms with Crippen LogP contribution in [0.1, 0.15) is 25.8 Å². The van der Waals surface area contributed by atoms with E-state index in [1.807, 2.05) is 0 Å². The van der Waals surface area contributed by atoms with Crippen LogP contribution in [0, 0.1) is 0 Å². The molecule has 7 heteroatoms. The summed E-state index contributed by atoms with van der Waals surface area (Å²) in [5.74, 6) is 0.179. The van der Waals surface area contributed by atoms with Crippen molar-refractivity contribution in [2.75, 3.05) is 11.2 Å². The third-order valence-corrected chi connectivity index (χ3v) is 2.96. The highest BCUT2D eigenvalue weighted by molar-refractivity contribution is 9.10. The number of pyridine rings is 1. The van der Waals surface area contributed by atoms with Crippen LogP contribution in [-0.2, 0) is 6.18 Å². The van der Waals surface area contributed by atoms with Crippen LogP contribution in [0.25, 0.3) is 0 Å². The monoisotopic (exact) mass is 344 g/mol. The Morgan fingerprint density at radius 2 is 2.00 bits per heavy atom. The molecule has 1 aromatic heterocycles. The molecule has 18 heavy (non-hydrogen) atoms. The maximum Gasteiger partial charge on any atom is 0.419 e. The number of rotatable bonds is 4. The van der Waals surface area contributed by atoms with Crippen LogP contribution < -0.4 is 5.32 Å². The van der Waals surface area contributed by atoms with Gasteiger partial charge in [-0.05, 0) is 42.3 Å². The average molecular weight is 346 g/mol. The fraction of sp³-hybridized carbons (Fsp3) is 0.545. The zero-order valence-corrected chi connectivity index (χ0v) is 12.2. The Bertz CT molecular complexity index is 421. The van der Waals surface area contributed by atoms with Crippen molar-refractivity contribution < 1.29 is 13.2 Å². The van der Waals surface area contributed by atoms with Crippen LogP contribution >= 0.6 is 27.5 Å². The molecule has 1 N–H and O–H groups in total. The number of halogens is 5. The SMILES string of the molecule is CC(C)(CCCl)Nc1ncc(Br)cc1C(F)(F)F. The fourth-order valence-corrected chi connectivity index (χ4v) is 2.18. The number of anilines is 1. The first-order chi connectivity index (χ1) is 8.15. The van der Waals surface area contributed by atoms with Gasteiger partial charge < -0.3 is 5.32 Å². The molecule has 0 amide bonds. The molecule has 0 fully saturated rings. The molecule has 0 aromatic carbocycles. The number of hydrogen-bond acceptors (Lipinski definition) is 2. The van der Waals surface area contributed by atoms with Crippen molar-refractivity contribution in [1.29, 1.82) is 0 Å². The van der Waals surface area contributed by atoms with Crippen LogP contribution in [0.3, 0.4) is 0 Å². The Kier molecular flexibility index (Phi) is 4.89. The lowest BCUT2D eigenvalue weighted by molar-refractivity contribution is -0.137. The molecule has 1 aromatic rings. The number of hydrogen-bond donors (Lipinski definition) is 1. The van der Waals surface area contributed by atoms with Gasteiger partial charge in [0.15, 0.2) is 0 Å². The first-order valence-corrected chi connectivity index (χ1v) is 6.55. The summed E-state index contributed by atoms with van der Waals surface area (Å²) in [6.45, 7) is 3.55. The van der Waals surface area contributed by atoms with E-state index in [2.05, 4.69) is 26.2 Å². The lowest BCUT2D eigenvalue weighted by atomic mass is 10.0. The third kappa shape index (κ3) is 4.31. The van der Waals surface area contributed by atoms with Crippen molar-refractivity contribution in [3.05, 3.63) is 22.3 Å². The standard InChI is InChI=1S/C11H13BrClF3N2/c1-10(2,3-4-13)18-9-8(11(14,15)16)5-7(12)6-17-9/h5-6H,3-4H2,1-2H3,(H,17,18). The molecule has 0 aliphatic rings. The molecule has 0 aliphatic carbocycles. The molecule has 0 spiro atoms. The molecule has 102 valence electrons. The number of aromatic nitrogens is 1. The molecule has 0 atom stereocenters. The van der Waals surface area contributed by atoms with Crippen molar-refractivity contribution >= 4 is 33.3 Å². The van der Waals surface area contributed by atoms with Gasteiger partial charge in [0.2, 0.25) is 0 Å². The van der Waals surface area contributed by atoms with Crippen molar-refractivity contribution in [3.63, 3.8) is 0 Å². The van der Waals surface area contributed by atoms with Crippen molar-refractivity contribution in [1.82, 2.24) is 4.98 Å². The average Bonchev–Trinajstić information content (AvgIpc) is 2.18. The van der Waals surface area contributed by atoms with Crippen molar-refractivity contribution in [3.8, 4) is 0 Å². The lowest BCUT2D eigenvalue weighted by Gasteiger charge is -2.27.